The molecule has 0 aromatic carbocycles. The van der Waals surface area contributed by atoms with Gasteiger partial charge in [-0.05, 0) is 22.9 Å². The lowest BCUT2D eigenvalue weighted by molar-refractivity contribution is 2.24. The summed E-state index contributed by atoms with van der Waals surface area (Å²) in [7, 11) is 0. The SMILES string of the molecule is [H+].c1cc2sccc2s1. The molecule has 2 heteroatoms. The summed E-state index contributed by atoms with van der Waals surface area (Å²) in [5.41, 5.74) is 0. The van der Waals surface area contributed by atoms with Crippen LogP contribution in [0.3, 0.4) is 0 Å². The molecule has 0 bridgehead atoms. The zero-order valence-electron chi connectivity index (χ0n) is 5.13. The minimum atomic E-state index is 0. The van der Waals surface area contributed by atoms with Crippen LogP contribution in [0.5, 0.6) is 0 Å². The van der Waals surface area contributed by atoms with E-state index in [1.807, 2.05) is 0 Å². The lowest BCUT2D eigenvalue weighted by Crippen LogP contribution is -1.33. The second-order valence-electron chi connectivity index (χ2n) is 1.57. The molecule has 0 radical (unpaired) electrons. The molecule has 40 valence electrons. The van der Waals surface area contributed by atoms with Crippen LogP contribution in [0.2, 0.25) is 0 Å². The highest BCUT2D eigenvalue weighted by atomic mass is 32.1. The molecule has 8 heavy (non-hydrogen) atoms. The van der Waals surface area contributed by atoms with Crippen molar-refractivity contribution in [2.24, 2.45) is 0 Å². The van der Waals surface area contributed by atoms with Crippen LogP contribution < -0.4 is 0 Å². The highest BCUT2D eigenvalue weighted by Crippen LogP contribution is 2.25. The molecule has 0 N–H and O–H groups in total. The molecule has 0 saturated carbocycles. The number of hydrogen-bond donors (Lipinski definition) is 0. The highest BCUT2D eigenvalue weighted by Gasteiger charge is 1.90. The lowest BCUT2D eigenvalue weighted by atomic mass is 10.5. The maximum absolute atomic E-state index is 2.16. The molecular weight excluding hydrogens is 136 g/mol. The Kier molecular flexibility index (Phi) is 0.889. The Hall–Kier alpha value is -0.340. The first kappa shape index (κ1) is 4.53. The Morgan fingerprint density at radius 2 is 1.50 bits per heavy atom. The van der Waals surface area contributed by atoms with E-state index in [2.05, 4.69) is 22.9 Å². The van der Waals surface area contributed by atoms with Crippen LogP contribution in [0.25, 0.3) is 9.40 Å². The molecule has 0 amide bonds. The van der Waals surface area contributed by atoms with Gasteiger partial charge in [-0.3, -0.25) is 0 Å². The number of hydrogen-bond acceptors (Lipinski definition) is 2. The van der Waals surface area contributed by atoms with E-state index in [-0.39, 0.29) is 1.43 Å². The summed E-state index contributed by atoms with van der Waals surface area (Å²) in [6.07, 6.45) is 0. The fourth-order valence-electron chi connectivity index (χ4n) is 0.697. The van der Waals surface area contributed by atoms with E-state index in [9.17, 15) is 0 Å². The summed E-state index contributed by atoms with van der Waals surface area (Å²) >= 11 is 3.61. The molecule has 0 aliphatic carbocycles. The summed E-state index contributed by atoms with van der Waals surface area (Å²) in [5.74, 6) is 0. The minimum absolute atomic E-state index is 0. The smallest absolute Gasteiger partial charge is 0.143 e. The third-order valence-electron chi connectivity index (χ3n) is 1.07. The third kappa shape index (κ3) is 0.501. The quantitative estimate of drug-likeness (QED) is 0.529. The van der Waals surface area contributed by atoms with E-state index >= 15 is 0 Å². The molecule has 2 aromatic rings. The summed E-state index contributed by atoms with van der Waals surface area (Å²) in [6, 6.07) is 4.31. The topological polar surface area (TPSA) is 0 Å². The Labute approximate surface area is 56.9 Å². The van der Waals surface area contributed by atoms with E-state index in [0.717, 1.165) is 0 Å². The van der Waals surface area contributed by atoms with Crippen LogP contribution in [0, 0.1) is 0 Å². The monoisotopic (exact) mass is 141 g/mol. The van der Waals surface area contributed by atoms with Crippen molar-refractivity contribution in [2.75, 3.05) is 0 Å². The molecule has 0 unspecified atom stereocenters. The molecule has 0 spiro atoms. The normalized spacial score (nSPS) is 10.5. The van der Waals surface area contributed by atoms with Gasteiger partial charge >= 0.3 is 1.43 Å². The van der Waals surface area contributed by atoms with E-state index in [1.54, 1.807) is 22.7 Å². The average molecular weight is 141 g/mol. The van der Waals surface area contributed by atoms with E-state index in [0.29, 0.717) is 0 Å². The molecule has 0 fully saturated rings. The number of fused-ring (bicyclic) bond motifs is 1. The number of thiophene rings is 2. The van der Waals surface area contributed by atoms with Gasteiger partial charge in [0.15, 0.2) is 0 Å². The minimum Gasteiger partial charge on any atom is -0.143 e. The molecule has 2 heterocycles. The molecule has 0 aliphatic rings. The third-order valence-corrected chi connectivity index (χ3v) is 2.97. The van der Waals surface area contributed by atoms with Gasteiger partial charge in [-0.2, -0.15) is 0 Å². The predicted octanol–water partition coefficient (Wildman–Crippen LogP) is 3.08. The van der Waals surface area contributed by atoms with Crippen molar-refractivity contribution in [1.29, 1.82) is 0 Å². The van der Waals surface area contributed by atoms with Crippen molar-refractivity contribution in [1.82, 2.24) is 0 Å². The Bertz CT molecular complexity index is 232. The Morgan fingerprint density at radius 3 is 2.00 bits per heavy atom. The first-order valence-electron chi connectivity index (χ1n) is 2.37. The zero-order chi connectivity index (χ0) is 5.40. The molecule has 0 nitrogen and oxygen atoms in total. The van der Waals surface area contributed by atoms with Crippen molar-refractivity contribution in [2.45, 2.75) is 0 Å². The lowest BCUT2D eigenvalue weighted by Gasteiger charge is -1.63. The average Bonchev–Trinajstić information content (AvgIpc) is 2.15. The molecule has 0 saturated heterocycles. The Morgan fingerprint density at radius 1 is 1.00 bits per heavy atom. The number of rotatable bonds is 0. The van der Waals surface area contributed by atoms with E-state index in [4.69, 9.17) is 0 Å². The van der Waals surface area contributed by atoms with Gasteiger partial charge in [0.1, 0.15) is 0 Å². The zero-order valence-corrected chi connectivity index (χ0v) is 5.76. The van der Waals surface area contributed by atoms with Crippen LogP contribution in [-0.2, 0) is 0 Å². The first-order chi connectivity index (χ1) is 3.97. The molecular formula is C6H5S2+. The Balaban J connectivity index is 0.000000405. The maximum Gasteiger partial charge on any atom is 1.00 e. The molecule has 2 aromatic heterocycles. The summed E-state index contributed by atoms with van der Waals surface area (Å²) in [5, 5.41) is 4.25. The van der Waals surface area contributed by atoms with Gasteiger partial charge < -0.3 is 0 Å². The van der Waals surface area contributed by atoms with Crippen LogP contribution in [0.4, 0.5) is 0 Å². The van der Waals surface area contributed by atoms with Gasteiger partial charge in [-0.15, -0.1) is 22.7 Å². The van der Waals surface area contributed by atoms with Gasteiger partial charge in [0, 0.05) is 9.40 Å². The van der Waals surface area contributed by atoms with Gasteiger partial charge in [0.2, 0.25) is 0 Å². The highest BCUT2D eigenvalue weighted by molar-refractivity contribution is 7.25. The van der Waals surface area contributed by atoms with Gasteiger partial charge in [-0.25, -0.2) is 0 Å². The van der Waals surface area contributed by atoms with Crippen LogP contribution in [0.1, 0.15) is 1.43 Å². The summed E-state index contributed by atoms with van der Waals surface area (Å²) < 4.78 is 2.82. The van der Waals surface area contributed by atoms with Crippen molar-refractivity contribution < 1.29 is 1.43 Å². The summed E-state index contributed by atoms with van der Waals surface area (Å²) in [4.78, 5) is 0. The first-order valence-corrected chi connectivity index (χ1v) is 4.13. The van der Waals surface area contributed by atoms with Gasteiger partial charge in [0.25, 0.3) is 0 Å². The molecule has 0 aliphatic heterocycles. The van der Waals surface area contributed by atoms with Crippen molar-refractivity contribution >= 4 is 32.1 Å². The van der Waals surface area contributed by atoms with Crippen LogP contribution in [0.15, 0.2) is 22.9 Å². The van der Waals surface area contributed by atoms with Gasteiger partial charge in [-0.1, -0.05) is 0 Å². The molecule has 0 atom stereocenters. The van der Waals surface area contributed by atoms with Crippen molar-refractivity contribution in [3.05, 3.63) is 22.9 Å². The maximum atomic E-state index is 2.16. The molecule has 2 rings (SSSR count). The van der Waals surface area contributed by atoms with Crippen LogP contribution in [-0.4, -0.2) is 0 Å². The second-order valence-corrected chi connectivity index (χ2v) is 3.47. The van der Waals surface area contributed by atoms with E-state index in [1.165, 1.54) is 9.40 Å². The summed E-state index contributed by atoms with van der Waals surface area (Å²) in [6.45, 7) is 0. The van der Waals surface area contributed by atoms with E-state index < -0.39 is 0 Å². The van der Waals surface area contributed by atoms with Crippen molar-refractivity contribution in [3.63, 3.8) is 0 Å². The van der Waals surface area contributed by atoms with Crippen molar-refractivity contribution in [3.8, 4) is 0 Å². The fourth-order valence-corrected chi connectivity index (χ4v) is 2.52. The largest absolute Gasteiger partial charge is 1.00 e. The van der Waals surface area contributed by atoms with Gasteiger partial charge in [0.05, 0.1) is 0 Å². The predicted molar refractivity (Wildman–Crippen MR) is 40.8 cm³/mol. The fraction of sp³-hybridized carbons (Fsp3) is 0. The van der Waals surface area contributed by atoms with Crippen LogP contribution >= 0.6 is 22.7 Å². The standard InChI is InChI=1S/C6H4S2/c1-3-7-6-2-4-8-5(1)6/h1-4H/p+1. The second kappa shape index (κ2) is 1.57.